The van der Waals surface area contributed by atoms with Gasteiger partial charge in [0, 0.05) is 37.6 Å². The van der Waals surface area contributed by atoms with Crippen molar-refractivity contribution in [2.75, 3.05) is 13.1 Å². The average Bonchev–Trinajstić information content (AvgIpc) is 3.19. The van der Waals surface area contributed by atoms with Gasteiger partial charge in [-0.25, -0.2) is 21.8 Å². The first-order valence-corrected chi connectivity index (χ1v) is 13.3. The summed E-state index contributed by atoms with van der Waals surface area (Å²) in [6.45, 7) is 4.15. The second kappa shape index (κ2) is 9.72. The lowest BCUT2D eigenvalue weighted by Gasteiger charge is -2.20. The number of aromatic nitrogens is 2. The molecule has 0 radical (unpaired) electrons. The molecule has 2 aromatic carbocycles. The molecule has 0 aliphatic rings. The Bertz CT molecular complexity index is 1270. The molecule has 3 aromatic rings. The summed E-state index contributed by atoms with van der Waals surface area (Å²) in [4.78, 5) is 4.28. The van der Waals surface area contributed by atoms with Gasteiger partial charge in [0.15, 0.2) is 0 Å². The highest BCUT2D eigenvalue weighted by Gasteiger charge is 2.27. The van der Waals surface area contributed by atoms with Crippen molar-refractivity contribution in [2.45, 2.75) is 29.7 Å². The molecule has 1 unspecified atom stereocenters. The molecule has 8 nitrogen and oxygen atoms in total. The maximum atomic E-state index is 13.2. The van der Waals surface area contributed by atoms with Crippen LogP contribution in [0.2, 0.25) is 5.02 Å². The highest BCUT2D eigenvalue weighted by Crippen LogP contribution is 2.25. The third-order valence-electron chi connectivity index (χ3n) is 5.07. The molecule has 1 aromatic heterocycles. The zero-order valence-corrected chi connectivity index (χ0v) is 20.3. The minimum atomic E-state index is -4.00. The third-order valence-corrected chi connectivity index (χ3v) is 8.83. The lowest BCUT2D eigenvalue weighted by Crippen LogP contribution is -2.32. The van der Waals surface area contributed by atoms with Crippen LogP contribution in [0.5, 0.6) is 0 Å². The summed E-state index contributed by atoms with van der Waals surface area (Å²) in [5.74, 6) is 0.497. The van der Waals surface area contributed by atoms with Crippen LogP contribution in [0.1, 0.15) is 31.3 Å². The molecule has 0 saturated carbocycles. The van der Waals surface area contributed by atoms with E-state index in [1.54, 1.807) is 62.1 Å². The zero-order chi connectivity index (χ0) is 23.5. The number of nitrogens with one attached hydrogen (secondary N) is 1. The van der Waals surface area contributed by atoms with Crippen LogP contribution in [0, 0.1) is 0 Å². The SMILES string of the molecule is CCN(CC)S(=O)(=O)c1ccc(S(=O)(=O)NC(c2ccc(Cl)cc2)c2nccn2C)cc1. The summed E-state index contributed by atoms with van der Waals surface area (Å²) in [6, 6.07) is 11.2. The first-order chi connectivity index (χ1) is 15.1. The molecule has 1 heterocycles. The minimum Gasteiger partial charge on any atom is -0.336 e. The second-order valence-electron chi connectivity index (χ2n) is 7.06. The molecule has 0 aliphatic carbocycles. The molecule has 11 heteroatoms. The van der Waals surface area contributed by atoms with Gasteiger partial charge < -0.3 is 4.57 Å². The van der Waals surface area contributed by atoms with E-state index in [-0.39, 0.29) is 9.79 Å². The van der Waals surface area contributed by atoms with Crippen molar-refractivity contribution in [1.29, 1.82) is 0 Å². The van der Waals surface area contributed by atoms with E-state index in [0.717, 1.165) is 0 Å². The Morgan fingerprint density at radius 3 is 2.03 bits per heavy atom. The molecule has 172 valence electrons. The van der Waals surface area contributed by atoms with Crippen LogP contribution in [-0.4, -0.2) is 43.8 Å². The molecule has 1 N–H and O–H groups in total. The lowest BCUT2D eigenvalue weighted by atomic mass is 10.1. The third kappa shape index (κ3) is 5.05. The van der Waals surface area contributed by atoms with E-state index >= 15 is 0 Å². The number of rotatable bonds is 9. The monoisotopic (exact) mass is 496 g/mol. The fraction of sp³-hybridized carbons (Fsp3) is 0.286. The quantitative estimate of drug-likeness (QED) is 0.490. The largest absolute Gasteiger partial charge is 0.336 e. The Morgan fingerprint density at radius 1 is 0.969 bits per heavy atom. The molecule has 3 rings (SSSR count). The highest BCUT2D eigenvalue weighted by molar-refractivity contribution is 7.89. The first-order valence-electron chi connectivity index (χ1n) is 9.95. The van der Waals surface area contributed by atoms with Gasteiger partial charge in [0.2, 0.25) is 20.0 Å². The van der Waals surface area contributed by atoms with Gasteiger partial charge in [0.05, 0.1) is 9.79 Å². The van der Waals surface area contributed by atoms with Gasteiger partial charge in [0.1, 0.15) is 11.9 Å². The predicted molar refractivity (Wildman–Crippen MR) is 123 cm³/mol. The van der Waals surface area contributed by atoms with Gasteiger partial charge in [-0.3, -0.25) is 0 Å². The molecule has 0 spiro atoms. The normalized spacial score (nSPS) is 13.4. The summed E-state index contributed by atoms with van der Waals surface area (Å²) in [5, 5.41) is 0.528. The van der Waals surface area contributed by atoms with Gasteiger partial charge in [-0.1, -0.05) is 37.6 Å². The summed E-state index contributed by atoms with van der Waals surface area (Å²) in [5.41, 5.74) is 0.660. The van der Waals surface area contributed by atoms with Crippen molar-refractivity contribution in [3.8, 4) is 0 Å². The van der Waals surface area contributed by atoms with Crippen molar-refractivity contribution in [1.82, 2.24) is 18.6 Å². The molecule has 32 heavy (non-hydrogen) atoms. The van der Waals surface area contributed by atoms with Crippen molar-refractivity contribution in [2.24, 2.45) is 7.05 Å². The molecule has 0 amide bonds. The number of imidazole rings is 1. The van der Waals surface area contributed by atoms with Gasteiger partial charge in [-0.2, -0.15) is 9.03 Å². The summed E-state index contributed by atoms with van der Waals surface area (Å²) in [7, 11) is -5.91. The maximum absolute atomic E-state index is 13.2. The van der Waals surface area contributed by atoms with E-state index in [2.05, 4.69) is 9.71 Å². The molecule has 1 atom stereocenters. The maximum Gasteiger partial charge on any atom is 0.243 e. The highest BCUT2D eigenvalue weighted by atomic mass is 35.5. The van der Waals surface area contributed by atoms with E-state index in [1.807, 2.05) is 0 Å². The van der Waals surface area contributed by atoms with Crippen LogP contribution in [0.15, 0.2) is 70.7 Å². The summed E-state index contributed by atoms with van der Waals surface area (Å²) in [6.07, 6.45) is 3.30. The van der Waals surface area contributed by atoms with Crippen molar-refractivity contribution in [3.63, 3.8) is 0 Å². The van der Waals surface area contributed by atoms with Crippen molar-refractivity contribution >= 4 is 31.6 Å². The van der Waals surface area contributed by atoms with E-state index in [9.17, 15) is 16.8 Å². The summed E-state index contributed by atoms with van der Waals surface area (Å²) < 4.78 is 57.4. The van der Waals surface area contributed by atoms with E-state index in [1.165, 1.54) is 28.6 Å². The first kappa shape index (κ1) is 24.4. The zero-order valence-electron chi connectivity index (χ0n) is 17.9. The van der Waals surface area contributed by atoms with Crippen LogP contribution < -0.4 is 4.72 Å². The van der Waals surface area contributed by atoms with Gasteiger partial charge in [-0.15, -0.1) is 0 Å². The number of aryl methyl sites for hydroxylation is 1. The number of hydrogen-bond acceptors (Lipinski definition) is 5. The number of hydrogen-bond donors (Lipinski definition) is 1. The lowest BCUT2D eigenvalue weighted by molar-refractivity contribution is 0.445. The Labute approximate surface area is 194 Å². The van der Waals surface area contributed by atoms with Crippen molar-refractivity contribution < 1.29 is 16.8 Å². The average molecular weight is 497 g/mol. The smallest absolute Gasteiger partial charge is 0.243 e. The molecule has 0 fully saturated rings. The van der Waals surface area contributed by atoms with Crippen LogP contribution >= 0.6 is 11.6 Å². The topological polar surface area (TPSA) is 101 Å². The van der Waals surface area contributed by atoms with E-state index in [0.29, 0.717) is 29.5 Å². The van der Waals surface area contributed by atoms with Crippen molar-refractivity contribution in [3.05, 3.63) is 77.3 Å². The van der Waals surface area contributed by atoms with Gasteiger partial charge in [0.25, 0.3) is 0 Å². The minimum absolute atomic E-state index is 0.0403. The summed E-state index contributed by atoms with van der Waals surface area (Å²) >= 11 is 5.98. The van der Waals surface area contributed by atoms with E-state index in [4.69, 9.17) is 11.6 Å². The second-order valence-corrected chi connectivity index (χ2v) is 11.2. The number of sulfonamides is 2. The van der Waals surface area contributed by atoms with Crippen LogP contribution in [0.3, 0.4) is 0 Å². The van der Waals surface area contributed by atoms with Crippen LogP contribution in [0.25, 0.3) is 0 Å². The van der Waals surface area contributed by atoms with Crippen LogP contribution in [-0.2, 0) is 27.1 Å². The van der Waals surface area contributed by atoms with Crippen LogP contribution in [0.4, 0.5) is 0 Å². The predicted octanol–water partition coefficient (Wildman–Crippen LogP) is 3.17. The molecule has 0 bridgehead atoms. The Morgan fingerprint density at radius 2 is 1.53 bits per heavy atom. The fourth-order valence-electron chi connectivity index (χ4n) is 3.31. The molecular formula is C21H25ClN4O4S2. The number of benzene rings is 2. The van der Waals surface area contributed by atoms with Gasteiger partial charge >= 0.3 is 0 Å². The Balaban J connectivity index is 1.95. The number of halogens is 1. The Hall–Kier alpha value is -2.24. The molecular weight excluding hydrogens is 472 g/mol. The van der Waals surface area contributed by atoms with E-state index < -0.39 is 26.1 Å². The van der Waals surface area contributed by atoms with Gasteiger partial charge in [-0.05, 0) is 42.0 Å². The fourth-order valence-corrected chi connectivity index (χ4v) is 6.07. The molecule has 0 saturated heterocycles. The number of nitrogens with zero attached hydrogens (tertiary/aromatic N) is 3. The Kier molecular flexibility index (Phi) is 7.41. The molecule has 0 aliphatic heterocycles. The standard InChI is InChI=1S/C21H25ClN4O4S2/c1-4-26(5-2)32(29,30)19-12-10-18(11-13-19)31(27,28)24-20(21-23-14-15-25(21)3)16-6-8-17(22)9-7-16/h6-15,20,24H,4-5H2,1-3H3.